The van der Waals surface area contributed by atoms with E-state index in [1.807, 2.05) is 6.07 Å². The van der Waals surface area contributed by atoms with Crippen molar-refractivity contribution in [3.63, 3.8) is 0 Å². The fraction of sp³-hybridized carbons (Fsp3) is 0.143. The largest absolute Gasteiger partial charge is 0.493 e. The number of nitrogens with one attached hydrogen (secondary N) is 1. The molecule has 0 unspecified atom stereocenters. The van der Waals surface area contributed by atoms with Crippen LogP contribution in [0.4, 0.5) is 11.4 Å². The molecule has 0 spiro atoms. The van der Waals surface area contributed by atoms with Crippen molar-refractivity contribution in [2.24, 2.45) is 0 Å². The van der Waals surface area contributed by atoms with Crippen molar-refractivity contribution in [3.8, 4) is 17.6 Å². The van der Waals surface area contributed by atoms with E-state index in [0.29, 0.717) is 22.7 Å². The number of pyridine rings is 1. The average molecular weight is 255 g/mol. The molecule has 2 rings (SSSR count). The van der Waals surface area contributed by atoms with Crippen molar-refractivity contribution < 1.29 is 9.47 Å². The number of rotatable bonds is 4. The van der Waals surface area contributed by atoms with Crippen molar-refractivity contribution in [2.45, 2.75) is 0 Å². The molecule has 1 N–H and O–H groups in total. The third kappa shape index (κ3) is 2.75. The maximum atomic E-state index is 9.02. The van der Waals surface area contributed by atoms with E-state index < -0.39 is 0 Å². The van der Waals surface area contributed by atoms with E-state index in [4.69, 9.17) is 14.7 Å². The summed E-state index contributed by atoms with van der Waals surface area (Å²) < 4.78 is 10.4. The number of benzene rings is 1. The number of ether oxygens (including phenoxy) is 2. The van der Waals surface area contributed by atoms with Crippen LogP contribution in [0.1, 0.15) is 5.56 Å². The zero-order valence-corrected chi connectivity index (χ0v) is 10.7. The maximum absolute atomic E-state index is 9.02. The molecular weight excluding hydrogens is 242 g/mol. The predicted molar refractivity (Wildman–Crippen MR) is 71.8 cm³/mol. The summed E-state index contributed by atoms with van der Waals surface area (Å²) in [4.78, 5) is 4.00. The van der Waals surface area contributed by atoms with E-state index in [0.717, 1.165) is 5.69 Å². The van der Waals surface area contributed by atoms with Crippen LogP contribution in [0.3, 0.4) is 0 Å². The summed E-state index contributed by atoms with van der Waals surface area (Å²) in [6.07, 6.45) is 3.19. The molecule has 0 saturated carbocycles. The van der Waals surface area contributed by atoms with Gasteiger partial charge in [-0.25, -0.2) is 0 Å². The molecule has 1 aromatic heterocycles. The van der Waals surface area contributed by atoms with Crippen LogP contribution in [0, 0.1) is 11.3 Å². The standard InChI is InChI=1S/C14H13N3O2/c1-18-13-4-3-11(7-14(13)19-2)17-12-9-16-6-5-10(12)8-15/h3-7,9,17H,1-2H3. The second kappa shape index (κ2) is 5.74. The van der Waals surface area contributed by atoms with Gasteiger partial charge in [0.2, 0.25) is 0 Å². The number of hydrogen-bond acceptors (Lipinski definition) is 5. The number of methoxy groups -OCH3 is 2. The van der Waals surface area contributed by atoms with E-state index in [2.05, 4.69) is 16.4 Å². The fourth-order valence-electron chi connectivity index (χ4n) is 1.66. The Morgan fingerprint density at radius 2 is 1.95 bits per heavy atom. The minimum absolute atomic E-state index is 0.532. The molecule has 96 valence electrons. The zero-order chi connectivity index (χ0) is 13.7. The predicted octanol–water partition coefficient (Wildman–Crippen LogP) is 2.71. The Labute approximate surface area is 111 Å². The number of nitriles is 1. The summed E-state index contributed by atoms with van der Waals surface area (Å²) >= 11 is 0. The highest BCUT2D eigenvalue weighted by Gasteiger charge is 2.06. The number of nitrogens with zero attached hydrogens (tertiary/aromatic N) is 2. The normalized spacial score (nSPS) is 9.53. The van der Waals surface area contributed by atoms with Crippen LogP contribution in [0.5, 0.6) is 11.5 Å². The minimum Gasteiger partial charge on any atom is -0.493 e. The third-order valence-electron chi connectivity index (χ3n) is 2.60. The Hall–Kier alpha value is -2.74. The molecule has 0 radical (unpaired) electrons. The van der Waals surface area contributed by atoms with Crippen molar-refractivity contribution >= 4 is 11.4 Å². The van der Waals surface area contributed by atoms with E-state index in [1.54, 1.807) is 44.8 Å². The molecule has 0 saturated heterocycles. The van der Waals surface area contributed by atoms with Crippen LogP contribution >= 0.6 is 0 Å². The van der Waals surface area contributed by atoms with Gasteiger partial charge >= 0.3 is 0 Å². The monoisotopic (exact) mass is 255 g/mol. The van der Waals surface area contributed by atoms with Gasteiger partial charge < -0.3 is 14.8 Å². The van der Waals surface area contributed by atoms with E-state index in [1.165, 1.54) is 0 Å². The molecule has 0 aliphatic rings. The SMILES string of the molecule is COc1ccc(Nc2cnccc2C#N)cc1OC. The Morgan fingerprint density at radius 3 is 2.63 bits per heavy atom. The lowest BCUT2D eigenvalue weighted by Gasteiger charge is -2.11. The van der Waals surface area contributed by atoms with Crippen molar-refractivity contribution in [1.82, 2.24) is 4.98 Å². The van der Waals surface area contributed by atoms with E-state index in [-0.39, 0.29) is 0 Å². The van der Waals surface area contributed by atoms with Gasteiger partial charge in [-0.1, -0.05) is 0 Å². The first-order valence-electron chi connectivity index (χ1n) is 5.61. The fourth-order valence-corrected chi connectivity index (χ4v) is 1.66. The molecule has 19 heavy (non-hydrogen) atoms. The molecular formula is C14H13N3O2. The van der Waals surface area contributed by atoms with Gasteiger partial charge in [0.1, 0.15) is 6.07 Å². The summed E-state index contributed by atoms with van der Waals surface area (Å²) in [6, 6.07) is 9.20. The first-order chi connectivity index (χ1) is 9.28. The highest BCUT2D eigenvalue weighted by Crippen LogP contribution is 2.31. The Balaban J connectivity index is 2.31. The molecule has 5 nitrogen and oxygen atoms in total. The van der Waals surface area contributed by atoms with Crippen LogP contribution < -0.4 is 14.8 Å². The molecule has 0 fully saturated rings. The quantitative estimate of drug-likeness (QED) is 0.909. The number of anilines is 2. The van der Waals surface area contributed by atoms with Crippen molar-refractivity contribution in [1.29, 1.82) is 5.26 Å². The van der Waals surface area contributed by atoms with Crippen molar-refractivity contribution in [2.75, 3.05) is 19.5 Å². The lowest BCUT2D eigenvalue weighted by Crippen LogP contribution is -1.96. The molecule has 0 atom stereocenters. The third-order valence-corrected chi connectivity index (χ3v) is 2.60. The summed E-state index contributed by atoms with van der Waals surface area (Å²) in [6.45, 7) is 0. The van der Waals surface area contributed by atoms with Crippen LogP contribution in [0.25, 0.3) is 0 Å². The van der Waals surface area contributed by atoms with E-state index in [9.17, 15) is 0 Å². The number of hydrogen-bond donors (Lipinski definition) is 1. The van der Waals surface area contributed by atoms with Crippen LogP contribution in [0.2, 0.25) is 0 Å². The van der Waals surface area contributed by atoms with Gasteiger partial charge in [0.25, 0.3) is 0 Å². The summed E-state index contributed by atoms with van der Waals surface area (Å²) in [5, 5.41) is 12.1. The van der Waals surface area contributed by atoms with Crippen LogP contribution in [0.15, 0.2) is 36.7 Å². The molecule has 0 bridgehead atoms. The molecule has 0 aliphatic heterocycles. The summed E-state index contributed by atoms with van der Waals surface area (Å²) in [5.41, 5.74) is 1.98. The molecule has 1 heterocycles. The average Bonchev–Trinajstić information content (AvgIpc) is 2.47. The first-order valence-corrected chi connectivity index (χ1v) is 5.61. The van der Waals surface area contributed by atoms with Gasteiger partial charge in [-0.3, -0.25) is 4.98 Å². The maximum Gasteiger partial charge on any atom is 0.162 e. The van der Waals surface area contributed by atoms with Gasteiger partial charge in [0, 0.05) is 18.0 Å². The molecule has 1 aromatic carbocycles. The minimum atomic E-state index is 0.532. The smallest absolute Gasteiger partial charge is 0.162 e. The molecule has 0 amide bonds. The van der Waals surface area contributed by atoms with Crippen molar-refractivity contribution in [3.05, 3.63) is 42.2 Å². The lowest BCUT2D eigenvalue weighted by atomic mass is 10.2. The highest BCUT2D eigenvalue weighted by atomic mass is 16.5. The van der Waals surface area contributed by atoms with Gasteiger partial charge in [0.05, 0.1) is 31.7 Å². The first kappa shape index (κ1) is 12.7. The second-order valence-corrected chi connectivity index (χ2v) is 3.73. The van der Waals surface area contributed by atoms with Crippen LogP contribution in [-0.2, 0) is 0 Å². The van der Waals surface area contributed by atoms with Gasteiger partial charge in [-0.05, 0) is 18.2 Å². The summed E-state index contributed by atoms with van der Waals surface area (Å²) in [7, 11) is 3.16. The molecule has 5 heteroatoms. The van der Waals surface area contributed by atoms with Gasteiger partial charge in [-0.15, -0.1) is 0 Å². The molecule has 2 aromatic rings. The Morgan fingerprint density at radius 1 is 1.16 bits per heavy atom. The lowest BCUT2D eigenvalue weighted by molar-refractivity contribution is 0.355. The number of aromatic nitrogens is 1. The highest BCUT2D eigenvalue weighted by molar-refractivity contribution is 5.67. The summed E-state index contributed by atoms with van der Waals surface area (Å²) in [5.74, 6) is 1.27. The van der Waals surface area contributed by atoms with Gasteiger partial charge in [0.15, 0.2) is 11.5 Å². The Kier molecular flexibility index (Phi) is 3.84. The second-order valence-electron chi connectivity index (χ2n) is 3.73. The van der Waals surface area contributed by atoms with Gasteiger partial charge in [-0.2, -0.15) is 5.26 Å². The topological polar surface area (TPSA) is 67.2 Å². The van der Waals surface area contributed by atoms with Crippen LogP contribution in [-0.4, -0.2) is 19.2 Å². The zero-order valence-electron chi connectivity index (χ0n) is 10.7. The Bertz CT molecular complexity index is 620. The molecule has 0 aliphatic carbocycles. The van der Waals surface area contributed by atoms with E-state index >= 15 is 0 Å².